The number of nitrogens with two attached hydrogens (primary N) is 1. The number of amides is 2. The predicted molar refractivity (Wildman–Crippen MR) is 142 cm³/mol. The summed E-state index contributed by atoms with van der Waals surface area (Å²) < 4.78 is 54.9. The van der Waals surface area contributed by atoms with Gasteiger partial charge in [-0.25, -0.2) is 22.6 Å². The van der Waals surface area contributed by atoms with Crippen LogP contribution in [0.2, 0.25) is 0 Å². The summed E-state index contributed by atoms with van der Waals surface area (Å²) in [5, 5.41) is 0. The molecule has 0 fully saturated rings. The SMILES string of the molecule is NC1=NC(c2ccc(F)cc2)(c2ccc(F)cc2)C(=O)N1Cc1cccc(C(=O)N2Cc3cc(F)c(F)cc3C2)c1. The van der Waals surface area contributed by atoms with Gasteiger partial charge in [-0.15, -0.1) is 0 Å². The van der Waals surface area contributed by atoms with Gasteiger partial charge in [0.2, 0.25) is 0 Å². The Morgan fingerprint density at radius 2 is 1.34 bits per heavy atom. The van der Waals surface area contributed by atoms with Gasteiger partial charge in [-0.1, -0.05) is 36.4 Å². The van der Waals surface area contributed by atoms with Crippen molar-refractivity contribution in [3.05, 3.63) is 142 Å². The first-order valence-electron chi connectivity index (χ1n) is 12.7. The molecular formula is C31H22F4N4O2. The molecule has 0 aromatic heterocycles. The molecule has 206 valence electrons. The Bertz CT molecular complexity index is 1650. The molecule has 4 aromatic carbocycles. The summed E-state index contributed by atoms with van der Waals surface area (Å²) in [5.41, 5.74) is 7.29. The standard InChI is InChI=1S/C31H22F4N4O2/c32-24-8-4-22(5-9-24)31(23-6-10-25(33)11-7-23)29(41)39(30(36)37-31)15-18-2-1-3-19(12-18)28(40)38-16-20-13-26(34)27(35)14-21(20)17-38/h1-14H,15-17H2,(H2,36,37). The third kappa shape index (κ3) is 4.51. The largest absolute Gasteiger partial charge is 0.369 e. The van der Waals surface area contributed by atoms with Crippen LogP contribution in [0.15, 0.2) is 89.9 Å². The molecule has 0 atom stereocenters. The maximum atomic E-state index is 14.0. The van der Waals surface area contributed by atoms with E-state index in [4.69, 9.17) is 5.73 Å². The van der Waals surface area contributed by atoms with E-state index in [0.29, 0.717) is 33.4 Å². The molecule has 2 N–H and O–H groups in total. The van der Waals surface area contributed by atoms with Crippen LogP contribution < -0.4 is 5.73 Å². The van der Waals surface area contributed by atoms with Crippen molar-refractivity contribution in [3.8, 4) is 0 Å². The topological polar surface area (TPSA) is 79.0 Å². The van der Waals surface area contributed by atoms with Crippen molar-refractivity contribution in [3.63, 3.8) is 0 Å². The van der Waals surface area contributed by atoms with Crippen LogP contribution in [0, 0.1) is 23.3 Å². The number of hydrogen-bond acceptors (Lipinski definition) is 4. The Morgan fingerprint density at radius 1 is 0.805 bits per heavy atom. The second-order valence-corrected chi connectivity index (χ2v) is 9.98. The molecule has 6 rings (SSSR count). The zero-order valence-corrected chi connectivity index (χ0v) is 21.5. The highest BCUT2D eigenvalue weighted by molar-refractivity contribution is 6.09. The van der Waals surface area contributed by atoms with Crippen LogP contribution >= 0.6 is 0 Å². The average Bonchev–Trinajstić information content (AvgIpc) is 3.48. The second kappa shape index (κ2) is 9.88. The monoisotopic (exact) mass is 558 g/mol. The van der Waals surface area contributed by atoms with E-state index in [0.717, 1.165) is 12.1 Å². The minimum Gasteiger partial charge on any atom is -0.369 e. The van der Waals surface area contributed by atoms with Gasteiger partial charge in [-0.05, 0) is 76.3 Å². The zero-order valence-electron chi connectivity index (χ0n) is 21.5. The van der Waals surface area contributed by atoms with Crippen LogP contribution in [-0.2, 0) is 30.0 Å². The van der Waals surface area contributed by atoms with Crippen molar-refractivity contribution in [2.75, 3.05) is 0 Å². The van der Waals surface area contributed by atoms with Crippen LogP contribution in [0.4, 0.5) is 17.6 Å². The van der Waals surface area contributed by atoms with Crippen LogP contribution in [0.25, 0.3) is 0 Å². The number of rotatable bonds is 5. The number of aliphatic imine (C=N–C) groups is 1. The van der Waals surface area contributed by atoms with E-state index in [1.807, 2.05) is 0 Å². The maximum absolute atomic E-state index is 14.0. The molecule has 4 aromatic rings. The third-order valence-electron chi connectivity index (χ3n) is 7.40. The van der Waals surface area contributed by atoms with Crippen molar-refractivity contribution in [1.82, 2.24) is 9.80 Å². The summed E-state index contributed by atoms with van der Waals surface area (Å²) >= 11 is 0. The van der Waals surface area contributed by atoms with Crippen LogP contribution in [-0.4, -0.2) is 27.6 Å². The van der Waals surface area contributed by atoms with E-state index in [1.54, 1.807) is 24.3 Å². The molecular weight excluding hydrogens is 536 g/mol. The Balaban J connectivity index is 1.28. The molecule has 0 unspecified atom stereocenters. The summed E-state index contributed by atoms with van der Waals surface area (Å²) in [7, 11) is 0. The van der Waals surface area contributed by atoms with Gasteiger partial charge in [0.1, 0.15) is 11.6 Å². The normalized spacial score (nSPS) is 15.7. The number of halogens is 4. The molecule has 0 aliphatic carbocycles. The summed E-state index contributed by atoms with van der Waals surface area (Å²) in [4.78, 5) is 34.6. The molecule has 2 heterocycles. The molecule has 0 spiro atoms. The molecule has 0 saturated heterocycles. The fourth-order valence-electron chi connectivity index (χ4n) is 5.36. The summed E-state index contributed by atoms with van der Waals surface area (Å²) in [6.45, 7) is 0.241. The lowest BCUT2D eigenvalue weighted by Gasteiger charge is -2.27. The molecule has 0 radical (unpaired) electrons. The van der Waals surface area contributed by atoms with Crippen molar-refractivity contribution >= 4 is 17.8 Å². The van der Waals surface area contributed by atoms with Gasteiger partial charge in [-0.3, -0.25) is 14.5 Å². The molecule has 2 amide bonds. The smallest absolute Gasteiger partial charge is 0.266 e. The second-order valence-electron chi connectivity index (χ2n) is 9.98. The maximum Gasteiger partial charge on any atom is 0.266 e. The average molecular weight is 559 g/mol. The van der Waals surface area contributed by atoms with E-state index in [2.05, 4.69) is 4.99 Å². The molecule has 41 heavy (non-hydrogen) atoms. The van der Waals surface area contributed by atoms with Crippen LogP contribution in [0.1, 0.15) is 38.2 Å². The summed E-state index contributed by atoms with van der Waals surface area (Å²) in [6.07, 6.45) is 0. The molecule has 0 bridgehead atoms. The number of carbonyl (C=O) groups is 2. The van der Waals surface area contributed by atoms with E-state index in [9.17, 15) is 27.2 Å². The van der Waals surface area contributed by atoms with Crippen molar-refractivity contribution in [1.29, 1.82) is 0 Å². The van der Waals surface area contributed by atoms with Crippen molar-refractivity contribution in [2.24, 2.45) is 10.7 Å². The lowest BCUT2D eigenvalue weighted by molar-refractivity contribution is -0.130. The van der Waals surface area contributed by atoms with Gasteiger partial charge in [0.15, 0.2) is 23.1 Å². The zero-order chi connectivity index (χ0) is 28.9. The minimum atomic E-state index is -1.66. The van der Waals surface area contributed by atoms with Gasteiger partial charge in [0.05, 0.1) is 6.54 Å². The number of nitrogens with zero attached hydrogens (tertiary/aromatic N) is 3. The Labute approximate surface area is 232 Å². The van der Waals surface area contributed by atoms with Gasteiger partial charge in [0, 0.05) is 18.7 Å². The Morgan fingerprint density at radius 3 is 1.88 bits per heavy atom. The number of hydrogen-bond donors (Lipinski definition) is 1. The Kier molecular flexibility index (Phi) is 6.33. The first-order chi connectivity index (χ1) is 19.7. The minimum absolute atomic E-state index is 0.0317. The molecule has 2 aliphatic heterocycles. The third-order valence-corrected chi connectivity index (χ3v) is 7.40. The highest BCUT2D eigenvalue weighted by Crippen LogP contribution is 2.40. The predicted octanol–water partition coefficient (Wildman–Crippen LogP) is 5.00. The van der Waals surface area contributed by atoms with Crippen LogP contribution in [0.5, 0.6) is 0 Å². The van der Waals surface area contributed by atoms with E-state index < -0.39 is 34.7 Å². The van der Waals surface area contributed by atoms with Crippen molar-refractivity contribution < 1.29 is 27.2 Å². The first-order valence-corrected chi connectivity index (χ1v) is 12.7. The fraction of sp³-hybridized carbons (Fsp3) is 0.129. The van der Waals surface area contributed by atoms with Gasteiger partial charge in [-0.2, -0.15) is 0 Å². The number of carbonyl (C=O) groups excluding carboxylic acids is 2. The van der Waals surface area contributed by atoms with E-state index in [1.165, 1.54) is 58.3 Å². The Hall–Kier alpha value is -4.99. The quantitative estimate of drug-likeness (QED) is 0.350. The summed E-state index contributed by atoms with van der Waals surface area (Å²) in [6, 6.07) is 19.4. The highest BCUT2D eigenvalue weighted by Gasteiger charge is 2.50. The summed E-state index contributed by atoms with van der Waals surface area (Å²) in [5.74, 6) is -3.90. The fourth-order valence-corrected chi connectivity index (χ4v) is 5.36. The number of guanidine groups is 1. The van der Waals surface area contributed by atoms with Crippen LogP contribution in [0.3, 0.4) is 0 Å². The molecule has 0 saturated carbocycles. The van der Waals surface area contributed by atoms with E-state index in [-0.39, 0.29) is 31.5 Å². The van der Waals surface area contributed by atoms with Gasteiger partial charge < -0.3 is 10.6 Å². The first kappa shape index (κ1) is 26.2. The molecule has 2 aliphatic rings. The highest BCUT2D eigenvalue weighted by atomic mass is 19.2. The van der Waals surface area contributed by atoms with Crippen molar-refractivity contribution in [2.45, 2.75) is 25.2 Å². The van der Waals surface area contributed by atoms with Gasteiger partial charge >= 0.3 is 0 Å². The molecule has 10 heteroatoms. The van der Waals surface area contributed by atoms with E-state index >= 15 is 0 Å². The molecule has 6 nitrogen and oxygen atoms in total. The lowest BCUT2D eigenvalue weighted by atomic mass is 9.82. The van der Waals surface area contributed by atoms with Gasteiger partial charge in [0.25, 0.3) is 11.8 Å². The number of fused-ring (bicyclic) bond motifs is 1. The lowest BCUT2D eigenvalue weighted by Crippen LogP contribution is -2.43. The number of benzene rings is 4.